The normalized spacial score (nSPS) is 17.0. The number of aromatic nitrogens is 3. The van der Waals surface area contributed by atoms with Gasteiger partial charge >= 0.3 is 0 Å². The highest BCUT2D eigenvalue weighted by Gasteiger charge is 2.24. The Bertz CT molecular complexity index is 308. The van der Waals surface area contributed by atoms with Crippen LogP contribution < -0.4 is 0 Å². The van der Waals surface area contributed by atoms with E-state index in [2.05, 4.69) is 15.2 Å². The number of alkyl halides is 1. The number of aryl methyl sites for hydroxylation is 1. The van der Waals surface area contributed by atoms with Gasteiger partial charge in [-0.25, -0.2) is 0 Å². The SMILES string of the molecule is Cn1cc(CN(CCCl)C2CCC2)nn1. The Balaban J connectivity index is 1.93. The molecule has 1 heterocycles. The number of nitrogens with zero attached hydrogens (tertiary/aromatic N) is 4. The molecule has 0 spiro atoms. The maximum Gasteiger partial charge on any atom is 0.0967 e. The van der Waals surface area contributed by atoms with E-state index in [1.54, 1.807) is 4.68 Å². The van der Waals surface area contributed by atoms with Gasteiger partial charge in [0.2, 0.25) is 0 Å². The average molecular weight is 229 g/mol. The van der Waals surface area contributed by atoms with Crippen LogP contribution >= 0.6 is 11.6 Å². The summed E-state index contributed by atoms with van der Waals surface area (Å²) in [4.78, 5) is 2.42. The van der Waals surface area contributed by atoms with Gasteiger partial charge in [0.05, 0.1) is 5.69 Å². The second kappa shape index (κ2) is 4.94. The first kappa shape index (κ1) is 10.9. The van der Waals surface area contributed by atoms with E-state index in [-0.39, 0.29) is 0 Å². The van der Waals surface area contributed by atoms with Gasteiger partial charge in [-0.05, 0) is 12.8 Å². The van der Waals surface area contributed by atoms with Crippen LogP contribution in [-0.2, 0) is 13.6 Å². The zero-order valence-corrected chi connectivity index (χ0v) is 9.82. The minimum absolute atomic E-state index is 0.691. The maximum absolute atomic E-state index is 5.81. The van der Waals surface area contributed by atoms with Gasteiger partial charge in [-0.15, -0.1) is 16.7 Å². The van der Waals surface area contributed by atoms with E-state index in [4.69, 9.17) is 11.6 Å². The molecule has 0 radical (unpaired) electrons. The molecular weight excluding hydrogens is 212 g/mol. The number of hydrogen-bond donors (Lipinski definition) is 0. The van der Waals surface area contributed by atoms with Crippen LogP contribution in [-0.4, -0.2) is 38.4 Å². The summed E-state index contributed by atoms with van der Waals surface area (Å²) in [5.41, 5.74) is 1.04. The lowest BCUT2D eigenvalue weighted by atomic mass is 9.91. The van der Waals surface area contributed by atoms with Gasteiger partial charge in [-0.3, -0.25) is 9.58 Å². The first-order valence-electron chi connectivity index (χ1n) is 5.45. The summed E-state index contributed by atoms with van der Waals surface area (Å²) in [6.45, 7) is 1.83. The monoisotopic (exact) mass is 228 g/mol. The zero-order valence-electron chi connectivity index (χ0n) is 9.06. The number of halogens is 1. The van der Waals surface area contributed by atoms with Crippen LogP contribution in [0.2, 0.25) is 0 Å². The van der Waals surface area contributed by atoms with Crippen LogP contribution in [0.25, 0.3) is 0 Å². The van der Waals surface area contributed by atoms with Gasteiger partial charge < -0.3 is 0 Å². The molecule has 0 N–H and O–H groups in total. The molecule has 1 aliphatic rings. The van der Waals surface area contributed by atoms with Crippen molar-refractivity contribution in [3.05, 3.63) is 11.9 Å². The quantitative estimate of drug-likeness (QED) is 0.715. The molecule has 0 unspecified atom stereocenters. The van der Waals surface area contributed by atoms with Gasteiger partial charge in [0, 0.05) is 38.3 Å². The Morgan fingerprint density at radius 2 is 2.40 bits per heavy atom. The van der Waals surface area contributed by atoms with E-state index < -0.39 is 0 Å². The van der Waals surface area contributed by atoms with E-state index in [1.807, 2.05) is 13.2 Å². The third-order valence-electron chi connectivity index (χ3n) is 2.98. The Kier molecular flexibility index (Phi) is 3.59. The van der Waals surface area contributed by atoms with E-state index in [0.29, 0.717) is 11.9 Å². The summed E-state index contributed by atoms with van der Waals surface area (Å²) < 4.78 is 1.75. The molecule has 84 valence electrons. The van der Waals surface area contributed by atoms with E-state index in [9.17, 15) is 0 Å². The molecule has 15 heavy (non-hydrogen) atoms. The minimum atomic E-state index is 0.691. The first-order chi connectivity index (χ1) is 7.29. The lowest BCUT2D eigenvalue weighted by molar-refractivity contribution is 0.126. The molecule has 4 nitrogen and oxygen atoms in total. The Morgan fingerprint density at radius 3 is 2.87 bits per heavy atom. The fourth-order valence-electron chi connectivity index (χ4n) is 1.93. The first-order valence-corrected chi connectivity index (χ1v) is 5.98. The summed E-state index contributed by atoms with van der Waals surface area (Å²) in [5, 5.41) is 8.05. The van der Waals surface area contributed by atoms with Crippen molar-refractivity contribution < 1.29 is 0 Å². The van der Waals surface area contributed by atoms with E-state index in [0.717, 1.165) is 18.8 Å². The molecule has 0 aromatic carbocycles. The fourth-order valence-corrected chi connectivity index (χ4v) is 2.14. The molecule has 1 aromatic heterocycles. The van der Waals surface area contributed by atoms with Crippen LogP contribution in [0, 0.1) is 0 Å². The molecule has 0 atom stereocenters. The second-order valence-electron chi connectivity index (χ2n) is 4.13. The predicted octanol–water partition coefficient (Wildman–Crippen LogP) is 1.41. The van der Waals surface area contributed by atoms with Gasteiger partial charge in [-0.2, -0.15) is 0 Å². The molecular formula is C10H17ClN4. The average Bonchev–Trinajstić information content (AvgIpc) is 2.48. The Labute approximate surface area is 95.2 Å². The summed E-state index contributed by atoms with van der Waals surface area (Å²) in [6, 6.07) is 0.714. The van der Waals surface area contributed by atoms with Gasteiger partial charge in [0.15, 0.2) is 0 Å². The standard InChI is InChI=1S/C10H17ClN4/c1-14-7-9(12-13-14)8-15(6-5-11)10-3-2-4-10/h7,10H,2-6,8H2,1H3. The van der Waals surface area contributed by atoms with Crippen molar-refractivity contribution in [1.82, 2.24) is 19.9 Å². The van der Waals surface area contributed by atoms with Crippen LogP contribution in [0.3, 0.4) is 0 Å². The largest absolute Gasteiger partial charge is 0.293 e. The van der Waals surface area contributed by atoms with Gasteiger partial charge in [0.1, 0.15) is 0 Å². The second-order valence-corrected chi connectivity index (χ2v) is 4.51. The molecule has 1 fully saturated rings. The number of hydrogen-bond acceptors (Lipinski definition) is 3. The molecule has 0 aliphatic heterocycles. The maximum atomic E-state index is 5.81. The van der Waals surface area contributed by atoms with Crippen molar-refractivity contribution in [2.75, 3.05) is 12.4 Å². The topological polar surface area (TPSA) is 34.0 Å². The molecule has 1 aliphatic carbocycles. The summed E-state index contributed by atoms with van der Waals surface area (Å²) >= 11 is 5.81. The number of rotatable bonds is 5. The molecule has 0 amide bonds. The zero-order chi connectivity index (χ0) is 10.7. The van der Waals surface area contributed by atoms with Crippen LogP contribution in [0.15, 0.2) is 6.20 Å². The molecule has 0 saturated heterocycles. The van der Waals surface area contributed by atoms with Crippen LogP contribution in [0.5, 0.6) is 0 Å². The molecule has 1 saturated carbocycles. The van der Waals surface area contributed by atoms with Crippen molar-refractivity contribution in [2.45, 2.75) is 31.8 Å². The fraction of sp³-hybridized carbons (Fsp3) is 0.800. The summed E-state index contributed by atoms with van der Waals surface area (Å²) in [7, 11) is 1.89. The highest BCUT2D eigenvalue weighted by atomic mass is 35.5. The summed E-state index contributed by atoms with van der Waals surface area (Å²) in [6.07, 6.45) is 5.93. The van der Waals surface area contributed by atoms with Crippen molar-refractivity contribution >= 4 is 11.6 Å². The Hall–Kier alpha value is -0.610. The van der Waals surface area contributed by atoms with Crippen molar-refractivity contribution in [1.29, 1.82) is 0 Å². The van der Waals surface area contributed by atoms with Crippen molar-refractivity contribution in [3.8, 4) is 0 Å². The highest BCUT2D eigenvalue weighted by molar-refractivity contribution is 6.18. The van der Waals surface area contributed by atoms with Gasteiger partial charge in [-0.1, -0.05) is 11.6 Å². The molecule has 2 rings (SSSR count). The predicted molar refractivity (Wildman–Crippen MR) is 59.8 cm³/mol. The van der Waals surface area contributed by atoms with Crippen LogP contribution in [0.4, 0.5) is 0 Å². The lowest BCUT2D eigenvalue weighted by Gasteiger charge is -2.36. The molecule has 5 heteroatoms. The van der Waals surface area contributed by atoms with Crippen molar-refractivity contribution in [2.24, 2.45) is 7.05 Å². The molecule has 1 aromatic rings. The Morgan fingerprint density at radius 1 is 1.60 bits per heavy atom. The smallest absolute Gasteiger partial charge is 0.0967 e. The third kappa shape index (κ3) is 2.69. The molecule has 0 bridgehead atoms. The van der Waals surface area contributed by atoms with E-state index in [1.165, 1.54) is 19.3 Å². The third-order valence-corrected chi connectivity index (χ3v) is 3.15. The van der Waals surface area contributed by atoms with Crippen molar-refractivity contribution in [3.63, 3.8) is 0 Å². The van der Waals surface area contributed by atoms with Crippen LogP contribution in [0.1, 0.15) is 25.0 Å². The lowest BCUT2D eigenvalue weighted by Crippen LogP contribution is -2.40. The van der Waals surface area contributed by atoms with Gasteiger partial charge in [0.25, 0.3) is 0 Å². The highest BCUT2D eigenvalue weighted by Crippen LogP contribution is 2.25. The van der Waals surface area contributed by atoms with E-state index >= 15 is 0 Å². The summed E-state index contributed by atoms with van der Waals surface area (Å²) in [5.74, 6) is 0.691. The minimum Gasteiger partial charge on any atom is -0.293 e.